The summed E-state index contributed by atoms with van der Waals surface area (Å²) >= 11 is 0. The molecule has 0 aromatic heterocycles. The molecular weight excluding hydrogens is 174 g/mol. The Balaban J connectivity index is 3.95. The predicted octanol–water partition coefficient (Wildman–Crippen LogP) is 2.71. The zero-order valence-electron chi connectivity index (χ0n) is 10.5. The van der Waals surface area contributed by atoms with Crippen LogP contribution in [0.3, 0.4) is 0 Å². The maximum absolute atomic E-state index is 9.59. The number of rotatable bonds is 7. The fraction of sp³-hybridized carbons (Fsp3) is 1.00. The largest absolute Gasteiger partial charge is 0.390 e. The summed E-state index contributed by atoms with van der Waals surface area (Å²) in [6.45, 7) is 11.3. The topological polar surface area (TPSA) is 32.3 Å². The van der Waals surface area contributed by atoms with E-state index in [1.807, 2.05) is 13.8 Å². The van der Waals surface area contributed by atoms with Gasteiger partial charge in [-0.1, -0.05) is 20.8 Å². The van der Waals surface area contributed by atoms with Gasteiger partial charge in [0.05, 0.1) is 5.60 Å². The highest BCUT2D eigenvalue weighted by molar-refractivity contribution is 4.84. The van der Waals surface area contributed by atoms with E-state index in [-0.39, 0.29) is 5.54 Å². The summed E-state index contributed by atoms with van der Waals surface area (Å²) in [6.07, 6.45) is 4.29. The quantitative estimate of drug-likeness (QED) is 0.664. The van der Waals surface area contributed by atoms with Gasteiger partial charge in [-0.3, -0.25) is 0 Å². The second-order valence-corrected chi connectivity index (χ2v) is 4.83. The molecule has 2 heteroatoms. The van der Waals surface area contributed by atoms with Crippen LogP contribution in [0.1, 0.15) is 60.3 Å². The number of nitrogens with one attached hydrogen (secondary N) is 1. The van der Waals surface area contributed by atoms with E-state index in [4.69, 9.17) is 0 Å². The van der Waals surface area contributed by atoms with Crippen LogP contribution in [0.5, 0.6) is 0 Å². The van der Waals surface area contributed by atoms with Gasteiger partial charge in [-0.15, -0.1) is 0 Å². The van der Waals surface area contributed by atoms with E-state index in [0.717, 1.165) is 32.2 Å². The first-order valence-corrected chi connectivity index (χ1v) is 5.86. The molecule has 0 aromatic rings. The van der Waals surface area contributed by atoms with Crippen molar-refractivity contribution in [1.29, 1.82) is 0 Å². The molecule has 0 aromatic carbocycles. The minimum absolute atomic E-state index is 0.283. The highest BCUT2D eigenvalue weighted by Gasteiger charge is 2.23. The van der Waals surface area contributed by atoms with Gasteiger partial charge in [0.1, 0.15) is 0 Å². The first-order chi connectivity index (χ1) is 6.39. The number of hydrogen-bond acceptors (Lipinski definition) is 2. The van der Waals surface area contributed by atoms with Gasteiger partial charge in [0, 0.05) is 5.54 Å². The molecule has 86 valence electrons. The standard InChI is InChI=1S/C12H27NO/c1-6-12(7-2,8-3)13-10-9-11(4,5)14/h13-14H,6-10H2,1-5H3. The van der Waals surface area contributed by atoms with Crippen molar-refractivity contribution in [1.82, 2.24) is 5.32 Å². The van der Waals surface area contributed by atoms with Crippen LogP contribution in [0, 0.1) is 0 Å². The molecule has 0 radical (unpaired) electrons. The van der Waals surface area contributed by atoms with Crippen molar-refractivity contribution >= 4 is 0 Å². The Labute approximate surface area is 89.1 Å². The first-order valence-electron chi connectivity index (χ1n) is 5.86. The average molecular weight is 201 g/mol. The summed E-state index contributed by atoms with van der Waals surface area (Å²) in [5.41, 5.74) is -0.265. The molecular formula is C12H27NO. The molecule has 2 N–H and O–H groups in total. The normalized spacial score (nSPS) is 13.3. The van der Waals surface area contributed by atoms with Crippen LogP contribution in [0.4, 0.5) is 0 Å². The third kappa shape index (κ3) is 4.97. The van der Waals surface area contributed by atoms with Gasteiger partial charge in [-0.05, 0) is 46.1 Å². The Morgan fingerprint density at radius 2 is 1.43 bits per heavy atom. The molecule has 0 bridgehead atoms. The van der Waals surface area contributed by atoms with Crippen molar-refractivity contribution in [2.24, 2.45) is 0 Å². The van der Waals surface area contributed by atoms with Crippen molar-refractivity contribution in [2.75, 3.05) is 6.54 Å². The van der Waals surface area contributed by atoms with Crippen molar-refractivity contribution < 1.29 is 5.11 Å². The molecule has 0 unspecified atom stereocenters. The number of aliphatic hydroxyl groups is 1. The minimum atomic E-state index is -0.548. The monoisotopic (exact) mass is 201 g/mol. The van der Waals surface area contributed by atoms with Gasteiger partial charge in [0.2, 0.25) is 0 Å². The number of hydrogen-bond donors (Lipinski definition) is 2. The van der Waals surface area contributed by atoms with Crippen LogP contribution in [0.15, 0.2) is 0 Å². The maximum Gasteiger partial charge on any atom is 0.0603 e. The Hall–Kier alpha value is -0.0800. The maximum atomic E-state index is 9.59. The Bertz CT molecular complexity index is 137. The lowest BCUT2D eigenvalue weighted by Crippen LogP contribution is -2.45. The van der Waals surface area contributed by atoms with Crippen LogP contribution in [0.2, 0.25) is 0 Å². The lowest BCUT2D eigenvalue weighted by atomic mass is 9.89. The smallest absolute Gasteiger partial charge is 0.0603 e. The second kappa shape index (κ2) is 5.72. The van der Waals surface area contributed by atoms with Gasteiger partial charge in [-0.2, -0.15) is 0 Å². The molecule has 0 saturated heterocycles. The third-order valence-corrected chi connectivity index (χ3v) is 3.27. The molecule has 0 heterocycles. The average Bonchev–Trinajstić information content (AvgIpc) is 2.11. The zero-order chi connectivity index (χ0) is 11.2. The van der Waals surface area contributed by atoms with Gasteiger partial charge in [0.25, 0.3) is 0 Å². The summed E-state index contributed by atoms with van der Waals surface area (Å²) in [6, 6.07) is 0. The van der Waals surface area contributed by atoms with Crippen molar-refractivity contribution in [2.45, 2.75) is 71.4 Å². The predicted molar refractivity (Wildman–Crippen MR) is 62.5 cm³/mol. The molecule has 0 aliphatic rings. The van der Waals surface area contributed by atoms with E-state index in [0.29, 0.717) is 0 Å². The summed E-state index contributed by atoms with van der Waals surface area (Å²) in [5, 5.41) is 13.2. The Morgan fingerprint density at radius 3 is 1.71 bits per heavy atom. The molecule has 14 heavy (non-hydrogen) atoms. The van der Waals surface area contributed by atoms with Crippen LogP contribution < -0.4 is 5.32 Å². The molecule has 0 fully saturated rings. The van der Waals surface area contributed by atoms with Crippen molar-refractivity contribution in [3.05, 3.63) is 0 Å². The van der Waals surface area contributed by atoms with E-state index >= 15 is 0 Å². The SMILES string of the molecule is CCC(CC)(CC)NCCC(C)(C)O. The zero-order valence-corrected chi connectivity index (χ0v) is 10.5. The lowest BCUT2D eigenvalue weighted by Gasteiger charge is -2.33. The van der Waals surface area contributed by atoms with Gasteiger partial charge >= 0.3 is 0 Å². The summed E-state index contributed by atoms with van der Waals surface area (Å²) in [7, 11) is 0. The van der Waals surface area contributed by atoms with E-state index in [1.165, 1.54) is 0 Å². The molecule has 0 aliphatic heterocycles. The van der Waals surface area contributed by atoms with E-state index in [2.05, 4.69) is 26.1 Å². The van der Waals surface area contributed by atoms with Crippen molar-refractivity contribution in [3.8, 4) is 0 Å². The highest BCUT2D eigenvalue weighted by atomic mass is 16.3. The Kier molecular flexibility index (Phi) is 5.68. The molecule has 0 spiro atoms. The van der Waals surface area contributed by atoms with Crippen LogP contribution in [-0.4, -0.2) is 22.8 Å². The summed E-state index contributed by atoms with van der Waals surface area (Å²) in [4.78, 5) is 0. The van der Waals surface area contributed by atoms with Gasteiger partial charge < -0.3 is 10.4 Å². The van der Waals surface area contributed by atoms with E-state index in [1.54, 1.807) is 0 Å². The first kappa shape index (κ1) is 13.9. The van der Waals surface area contributed by atoms with Crippen LogP contribution in [0.25, 0.3) is 0 Å². The minimum Gasteiger partial charge on any atom is -0.390 e. The third-order valence-electron chi connectivity index (χ3n) is 3.27. The molecule has 2 nitrogen and oxygen atoms in total. The molecule has 0 saturated carbocycles. The van der Waals surface area contributed by atoms with Gasteiger partial charge in [-0.25, -0.2) is 0 Å². The van der Waals surface area contributed by atoms with Crippen molar-refractivity contribution in [3.63, 3.8) is 0 Å². The highest BCUT2D eigenvalue weighted by Crippen LogP contribution is 2.19. The van der Waals surface area contributed by atoms with E-state index < -0.39 is 5.60 Å². The molecule has 0 aliphatic carbocycles. The molecule has 0 atom stereocenters. The Morgan fingerprint density at radius 1 is 1.00 bits per heavy atom. The fourth-order valence-corrected chi connectivity index (χ4v) is 1.76. The summed E-state index contributed by atoms with van der Waals surface area (Å²) in [5.74, 6) is 0. The fourth-order valence-electron chi connectivity index (χ4n) is 1.76. The summed E-state index contributed by atoms with van der Waals surface area (Å²) < 4.78 is 0. The molecule has 0 rings (SSSR count). The van der Waals surface area contributed by atoms with E-state index in [9.17, 15) is 5.11 Å². The molecule has 0 amide bonds. The second-order valence-electron chi connectivity index (χ2n) is 4.83. The van der Waals surface area contributed by atoms with Crippen LogP contribution >= 0.6 is 0 Å². The van der Waals surface area contributed by atoms with Gasteiger partial charge in [0.15, 0.2) is 0 Å². The van der Waals surface area contributed by atoms with Crippen LogP contribution in [-0.2, 0) is 0 Å². The lowest BCUT2D eigenvalue weighted by molar-refractivity contribution is 0.0677.